The van der Waals surface area contributed by atoms with Crippen molar-refractivity contribution in [3.05, 3.63) is 38.9 Å². The number of nitro groups is 1. The molecule has 0 spiro atoms. The summed E-state index contributed by atoms with van der Waals surface area (Å²) in [5, 5.41) is 16.5. The topological polar surface area (TPSA) is 84.3 Å². The Kier molecular flexibility index (Phi) is 5.54. The van der Waals surface area contributed by atoms with E-state index in [1.54, 1.807) is 0 Å². The maximum atomic E-state index is 11.8. The lowest BCUT2D eigenvalue weighted by Crippen LogP contribution is -2.31. The summed E-state index contributed by atoms with van der Waals surface area (Å²) in [7, 11) is 0. The molecule has 1 amide bonds. The predicted octanol–water partition coefficient (Wildman–Crippen LogP) is 1.59. The molecule has 98 valence electrons. The number of rotatable bonds is 6. The van der Waals surface area contributed by atoms with Gasteiger partial charge < -0.3 is 10.6 Å². The van der Waals surface area contributed by atoms with Gasteiger partial charge in [-0.15, -0.1) is 0 Å². The van der Waals surface area contributed by atoms with Crippen LogP contribution in [-0.2, 0) is 0 Å². The van der Waals surface area contributed by atoms with Crippen molar-refractivity contribution in [3.8, 4) is 0 Å². The number of nitrogens with zero attached hydrogens (tertiary/aromatic N) is 1. The van der Waals surface area contributed by atoms with Crippen LogP contribution in [0.1, 0.15) is 17.3 Å². The summed E-state index contributed by atoms with van der Waals surface area (Å²) in [5.41, 5.74) is -0.0430. The largest absolute Gasteiger partial charge is 0.351 e. The number of carbonyl (C=O) groups excluding carboxylic acids is 1. The summed E-state index contributed by atoms with van der Waals surface area (Å²) in [6, 6.07) is 3.78. The lowest BCUT2D eigenvalue weighted by molar-refractivity contribution is -0.384. The molecule has 1 rings (SSSR count). The van der Waals surface area contributed by atoms with E-state index in [4.69, 9.17) is 11.6 Å². The number of carbonyl (C=O) groups is 1. The van der Waals surface area contributed by atoms with Gasteiger partial charge in [0.15, 0.2) is 0 Å². The fourth-order valence-corrected chi connectivity index (χ4v) is 1.54. The highest BCUT2D eigenvalue weighted by atomic mass is 35.5. The van der Waals surface area contributed by atoms with E-state index in [1.807, 2.05) is 6.92 Å². The number of hydrogen-bond donors (Lipinski definition) is 2. The summed E-state index contributed by atoms with van der Waals surface area (Å²) in [4.78, 5) is 21.8. The molecule has 0 aliphatic rings. The van der Waals surface area contributed by atoms with Crippen molar-refractivity contribution in [2.24, 2.45) is 0 Å². The molecule has 0 aromatic heterocycles. The van der Waals surface area contributed by atoms with E-state index >= 15 is 0 Å². The third-order valence-electron chi connectivity index (χ3n) is 2.24. The zero-order chi connectivity index (χ0) is 13.5. The van der Waals surface area contributed by atoms with Crippen LogP contribution in [0.15, 0.2) is 18.2 Å². The molecule has 7 heteroatoms. The van der Waals surface area contributed by atoms with Gasteiger partial charge in [0.1, 0.15) is 0 Å². The highest BCUT2D eigenvalue weighted by molar-refractivity contribution is 6.33. The van der Waals surface area contributed by atoms with Gasteiger partial charge in [0.05, 0.1) is 15.5 Å². The number of nitro benzene ring substituents is 1. The van der Waals surface area contributed by atoms with Crippen LogP contribution in [0.25, 0.3) is 0 Å². The minimum absolute atomic E-state index is 0.113. The van der Waals surface area contributed by atoms with Crippen LogP contribution in [0.5, 0.6) is 0 Å². The molecule has 0 saturated carbocycles. The van der Waals surface area contributed by atoms with E-state index < -0.39 is 10.8 Å². The molecule has 1 aromatic rings. The maximum absolute atomic E-state index is 11.8. The van der Waals surface area contributed by atoms with E-state index in [0.717, 1.165) is 6.54 Å². The fraction of sp³-hybridized carbons (Fsp3) is 0.364. The van der Waals surface area contributed by atoms with Gasteiger partial charge in [0.25, 0.3) is 11.6 Å². The van der Waals surface area contributed by atoms with Crippen LogP contribution in [-0.4, -0.2) is 30.5 Å². The first kappa shape index (κ1) is 14.4. The normalized spacial score (nSPS) is 10.1. The fourth-order valence-electron chi connectivity index (χ4n) is 1.34. The summed E-state index contributed by atoms with van der Waals surface area (Å²) >= 11 is 5.84. The summed E-state index contributed by atoms with van der Waals surface area (Å²) < 4.78 is 0. The van der Waals surface area contributed by atoms with Crippen molar-refractivity contribution in [2.75, 3.05) is 19.6 Å². The van der Waals surface area contributed by atoms with Crippen LogP contribution in [0, 0.1) is 10.1 Å². The summed E-state index contributed by atoms with van der Waals surface area (Å²) in [6.07, 6.45) is 0. The average Bonchev–Trinajstić information content (AvgIpc) is 2.34. The third kappa shape index (κ3) is 3.97. The van der Waals surface area contributed by atoms with Crippen molar-refractivity contribution in [1.82, 2.24) is 10.6 Å². The first-order valence-corrected chi connectivity index (χ1v) is 5.87. The van der Waals surface area contributed by atoms with Gasteiger partial charge >= 0.3 is 0 Å². The molecule has 0 fully saturated rings. The Labute approximate surface area is 109 Å². The van der Waals surface area contributed by atoms with Gasteiger partial charge in [-0.2, -0.15) is 0 Å². The third-order valence-corrected chi connectivity index (χ3v) is 2.57. The van der Waals surface area contributed by atoms with Gasteiger partial charge in [0.2, 0.25) is 0 Å². The van der Waals surface area contributed by atoms with Crippen LogP contribution in [0.3, 0.4) is 0 Å². The zero-order valence-electron chi connectivity index (χ0n) is 9.90. The summed E-state index contributed by atoms with van der Waals surface area (Å²) in [6.45, 7) is 3.84. The van der Waals surface area contributed by atoms with Crippen molar-refractivity contribution < 1.29 is 9.72 Å². The van der Waals surface area contributed by atoms with E-state index in [-0.39, 0.29) is 16.3 Å². The second kappa shape index (κ2) is 6.93. The molecule has 0 atom stereocenters. The Morgan fingerprint density at radius 1 is 1.44 bits per heavy atom. The minimum Gasteiger partial charge on any atom is -0.351 e. The lowest BCUT2D eigenvalue weighted by atomic mass is 10.2. The van der Waals surface area contributed by atoms with Gasteiger partial charge in [0, 0.05) is 25.2 Å². The molecule has 0 aliphatic carbocycles. The molecular formula is C11H14ClN3O3. The lowest BCUT2D eigenvalue weighted by Gasteiger charge is -2.06. The molecular weight excluding hydrogens is 258 g/mol. The number of hydrogen-bond acceptors (Lipinski definition) is 4. The Bertz CT molecular complexity index is 451. The van der Waals surface area contributed by atoms with Crippen molar-refractivity contribution >= 4 is 23.2 Å². The molecule has 18 heavy (non-hydrogen) atoms. The highest BCUT2D eigenvalue weighted by Crippen LogP contribution is 2.21. The number of benzene rings is 1. The summed E-state index contributed by atoms with van der Waals surface area (Å²) in [5.74, 6) is -0.415. The van der Waals surface area contributed by atoms with Crippen LogP contribution < -0.4 is 10.6 Å². The van der Waals surface area contributed by atoms with Crippen molar-refractivity contribution in [1.29, 1.82) is 0 Å². The van der Waals surface area contributed by atoms with Crippen LogP contribution >= 0.6 is 11.6 Å². The number of non-ortho nitro benzene ring substituents is 1. The van der Waals surface area contributed by atoms with Gasteiger partial charge in [-0.25, -0.2) is 0 Å². The first-order valence-electron chi connectivity index (χ1n) is 5.49. The number of amides is 1. The van der Waals surface area contributed by atoms with Crippen molar-refractivity contribution in [3.63, 3.8) is 0 Å². The predicted molar refractivity (Wildman–Crippen MR) is 69.0 cm³/mol. The molecule has 0 radical (unpaired) electrons. The van der Waals surface area contributed by atoms with Gasteiger partial charge in [-0.05, 0) is 12.6 Å². The Balaban J connectivity index is 2.72. The molecule has 0 unspecified atom stereocenters. The number of halogens is 1. The highest BCUT2D eigenvalue weighted by Gasteiger charge is 2.15. The molecule has 0 saturated heterocycles. The van der Waals surface area contributed by atoms with Gasteiger partial charge in [-0.3, -0.25) is 14.9 Å². The molecule has 0 aliphatic heterocycles. The number of likely N-dealkylation sites (N-methyl/N-ethyl adjacent to an activating group) is 1. The number of nitrogens with one attached hydrogen (secondary N) is 2. The second-order valence-electron chi connectivity index (χ2n) is 3.53. The van der Waals surface area contributed by atoms with E-state index in [0.29, 0.717) is 13.1 Å². The van der Waals surface area contributed by atoms with E-state index in [1.165, 1.54) is 18.2 Å². The Morgan fingerprint density at radius 3 is 2.78 bits per heavy atom. The molecule has 1 aromatic carbocycles. The Hall–Kier alpha value is -1.66. The standard InChI is InChI=1S/C11H14ClN3O3/c1-2-13-5-6-14-11(16)9-7-8(15(17)18)3-4-10(9)12/h3-4,7,13H,2,5-6H2,1H3,(H,14,16). The minimum atomic E-state index is -0.564. The average molecular weight is 272 g/mol. The molecule has 6 nitrogen and oxygen atoms in total. The van der Waals surface area contributed by atoms with Crippen LogP contribution in [0.2, 0.25) is 5.02 Å². The smallest absolute Gasteiger partial charge is 0.270 e. The SMILES string of the molecule is CCNCCNC(=O)c1cc([N+](=O)[O-])ccc1Cl. The monoisotopic (exact) mass is 271 g/mol. The molecule has 0 heterocycles. The van der Waals surface area contributed by atoms with Gasteiger partial charge in [-0.1, -0.05) is 18.5 Å². The van der Waals surface area contributed by atoms with E-state index in [2.05, 4.69) is 10.6 Å². The molecule has 0 bridgehead atoms. The quantitative estimate of drug-likeness (QED) is 0.467. The molecule has 2 N–H and O–H groups in total. The second-order valence-corrected chi connectivity index (χ2v) is 3.94. The van der Waals surface area contributed by atoms with E-state index in [9.17, 15) is 14.9 Å². The van der Waals surface area contributed by atoms with Crippen LogP contribution in [0.4, 0.5) is 5.69 Å². The van der Waals surface area contributed by atoms with Crippen molar-refractivity contribution in [2.45, 2.75) is 6.92 Å². The Morgan fingerprint density at radius 2 is 2.17 bits per heavy atom. The first-order chi connectivity index (χ1) is 8.56. The maximum Gasteiger partial charge on any atom is 0.270 e. The zero-order valence-corrected chi connectivity index (χ0v) is 10.7.